The van der Waals surface area contributed by atoms with Crippen LogP contribution in [0.1, 0.15) is 25.0 Å². The van der Waals surface area contributed by atoms with Crippen molar-refractivity contribution in [3.63, 3.8) is 0 Å². The van der Waals surface area contributed by atoms with Gasteiger partial charge < -0.3 is 15.5 Å². The van der Waals surface area contributed by atoms with Crippen molar-refractivity contribution in [1.82, 2.24) is 4.98 Å². The molecule has 0 aliphatic carbocycles. The zero-order valence-electron chi connectivity index (χ0n) is 14.5. The van der Waals surface area contributed by atoms with Crippen molar-refractivity contribution in [2.45, 2.75) is 38.2 Å². The summed E-state index contributed by atoms with van der Waals surface area (Å²) in [4.78, 5) is 7.35. The molecule has 1 aromatic carbocycles. The molecule has 1 atom stereocenters. The minimum atomic E-state index is -5.57. The van der Waals surface area contributed by atoms with Crippen LogP contribution in [-0.2, 0) is 5.79 Å². The number of fused-ring (bicyclic) bond motifs is 3. The van der Waals surface area contributed by atoms with Crippen molar-refractivity contribution in [3.05, 3.63) is 35.5 Å². The van der Waals surface area contributed by atoms with Gasteiger partial charge in [0.1, 0.15) is 6.17 Å². The lowest BCUT2D eigenvalue weighted by Gasteiger charge is -2.32. The maximum Gasteiger partial charge on any atom is 0.447 e. The molecule has 5 nitrogen and oxygen atoms in total. The van der Waals surface area contributed by atoms with Crippen molar-refractivity contribution in [1.29, 1.82) is 0 Å². The van der Waals surface area contributed by atoms with Crippen molar-refractivity contribution >= 4 is 22.3 Å². The zero-order valence-corrected chi connectivity index (χ0v) is 14.5. The predicted molar refractivity (Wildman–Crippen MR) is 88.8 cm³/mol. The van der Waals surface area contributed by atoms with E-state index in [0.717, 1.165) is 6.20 Å². The summed E-state index contributed by atoms with van der Waals surface area (Å²) in [7, 11) is 0. The summed E-state index contributed by atoms with van der Waals surface area (Å²) in [5.41, 5.74) is -3.93. The van der Waals surface area contributed by atoms with E-state index >= 15 is 0 Å². The molecule has 0 saturated carbocycles. The number of halogens is 6. The van der Waals surface area contributed by atoms with E-state index in [1.807, 2.05) is 0 Å². The lowest BCUT2D eigenvalue weighted by Crippen LogP contribution is -2.43. The van der Waals surface area contributed by atoms with Gasteiger partial charge in [0.05, 0.1) is 11.2 Å². The first-order valence-corrected chi connectivity index (χ1v) is 8.10. The Morgan fingerprint density at radius 1 is 1.11 bits per heavy atom. The van der Waals surface area contributed by atoms with Gasteiger partial charge in [-0.15, -0.1) is 0 Å². The van der Waals surface area contributed by atoms with E-state index in [2.05, 4.69) is 15.3 Å². The van der Waals surface area contributed by atoms with Crippen LogP contribution < -0.4 is 5.32 Å². The summed E-state index contributed by atoms with van der Waals surface area (Å²) in [5.74, 6) is -4.76. The number of hydrogen-bond acceptors (Lipinski definition) is 5. The van der Waals surface area contributed by atoms with E-state index in [1.165, 1.54) is 12.1 Å². The highest BCUT2D eigenvalue weighted by atomic mass is 19.4. The van der Waals surface area contributed by atoms with Crippen LogP contribution in [0.3, 0.4) is 0 Å². The van der Waals surface area contributed by atoms with Gasteiger partial charge in [-0.1, -0.05) is 13.8 Å². The highest BCUT2D eigenvalue weighted by molar-refractivity contribution is 6.15. The van der Waals surface area contributed by atoms with Crippen LogP contribution in [0.2, 0.25) is 0 Å². The number of aliphatic hydroxyl groups is 2. The summed E-state index contributed by atoms with van der Waals surface area (Å²) in [5, 5.41) is 22.1. The number of rotatable bonds is 2. The standard InChI is InChI=1S/C17H15F6N3O2/c1-7(2)14-25-11-8-4-3-5-24-12(8)10(15(27,28)17(21,22)23)6-9(11)13(26-14)16(18,19)20/h3-7,14,25,27-28H,1-2H3. The Morgan fingerprint density at radius 3 is 2.29 bits per heavy atom. The fourth-order valence-electron chi connectivity index (χ4n) is 2.94. The fraction of sp³-hybridized carbons (Fsp3) is 0.412. The van der Waals surface area contributed by atoms with E-state index in [-0.39, 0.29) is 17.0 Å². The highest BCUT2D eigenvalue weighted by Gasteiger charge is 2.56. The largest absolute Gasteiger partial charge is 0.447 e. The fourth-order valence-corrected chi connectivity index (χ4v) is 2.94. The Labute approximate surface area is 154 Å². The Kier molecular flexibility index (Phi) is 4.58. The SMILES string of the molecule is CC(C)C1N=C(C(F)(F)F)c2cc(C(O)(O)C(F)(F)F)c3ncccc3c2N1. The maximum absolute atomic E-state index is 13.6. The van der Waals surface area contributed by atoms with E-state index in [0.29, 0.717) is 6.07 Å². The molecule has 2 heterocycles. The summed E-state index contributed by atoms with van der Waals surface area (Å²) >= 11 is 0. The molecule has 1 aliphatic rings. The van der Waals surface area contributed by atoms with Crippen LogP contribution in [-0.4, -0.2) is 39.4 Å². The van der Waals surface area contributed by atoms with Gasteiger partial charge in [-0.3, -0.25) is 9.98 Å². The third kappa shape index (κ3) is 3.18. The molecule has 0 saturated heterocycles. The second-order valence-electron chi connectivity index (χ2n) is 6.72. The second-order valence-corrected chi connectivity index (χ2v) is 6.72. The lowest BCUT2D eigenvalue weighted by atomic mass is 9.92. The number of alkyl halides is 6. The Bertz CT molecular complexity index is 950. The van der Waals surface area contributed by atoms with E-state index in [4.69, 9.17) is 0 Å². The number of nitrogens with zero attached hydrogens (tertiary/aromatic N) is 2. The van der Waals surface area contributed by atoms with Crippen LogP contribution in [0.4, 0.5) is 32.0 Å². The molecular formula is C17H15F6N3O2. The second kappa shape index (κ2) is 6.31. The average molecular weight is 407 g/mol. The first kappa shape index (κ1) is 20.3. The number of aliphatic imine (C=N–C) groups is 1. The summed E-state index contributed by atoms with van der Waals surface area (Å²) in [6, 6.07) is 3.00. The van der Waals surface area contributed by atoms with Crippen LogP contribution in [0.5, 0.6) is 0 Å². The van der Waals surface area contributed by atoms with E-state index < -0.39 is 46.7 Å². The molecule has 0 spiro atoms. The van der Waals surface area contributed by atoms with Gasteiger partial charge in [0, 0.05) is 22.7 Å². The average Bonchev–Trinajstić information content (AvgIpc) is 2.58. The predicted octanol–water partition coefficient (Wildman–Crippen LogP) is 3.69. The van der Waals surface area contributed by atoms with Gasteiger partial charge in [-0.25, -0.2) is 0 Å². The minimum absolute atomic E-state index is 0.117. The zero-order chi connectivity index (χ0) is 21.1. The van der Waals surface area contributed by atoms with Crippen LogP contribution >= 0.6 is 0 Å². The topological polar surface area (TPSA) is 77.7 Å². The van der Waals surface area contributed by atoms with Gasteiger partial charge >= 0.3 is 12.4 Å². The summed E-state index contributed by atoms with van der Waals surface area (Å²) in [6.45, 7) is 3.26. The van der Waals surface area contributed by atoms with Gasteiger partial charge in [-0.05, 0) is 24.1 Å². The van der Waals surface area contributed by atoms with Gasteiger partial charge in [0.2, 0.25) is 0 Å². The maximum atomic E-state index is 13.6. The molecule has 1 aliphatic heterocycles. The smallest absolute Gasteiger partial charge is 0.362 e. The van der Waals surface area contributed by atoms with Gasteiger partial charge in [0.25, 0.3) is 5.79 Å². The van der Waals surface area contributed by atoms with Crippen LogP contribution in [0, 0.1) is 5.92 Å². The van der Waals surface area contributed by atoms with E-state index in [9.17, 15) is 36.6 Å². The number of anilines is 1. The normalized spacial score (nSPS) is 18.1. The molecule has 0 radical (unpaired) electrons. The molecule has 11 heteroatoms. The number of aromatic nitrogens is 1. The minimum Gasteiger partial charge on any atom is -0.362 e. The van der Waals surface area contributed by atoms with Crippen LogP contribution in [0.25, 0.3) is 10.9 Å². The monoisotopic (exact) mass is 407 g/mol. The summed E-state index contributed by atoms with van der Waals surface area (Å²) < 4.78 is 80.3. The number of hydrogen-bond donors (Lipinski definition) is 3. The molecule has 1 unspecified atom stereocenters. The molecule has 3 N–H and O–H groups in total. The molecular weight excluding hydrogens is 392 g/mol. The van der Waals surface area contributed by atoms with Crippen molar-refractivity contribution < 1.29 is 36.6 Å². The Balaban J connectivity index is 2.41. The highest BCUT2D eigenvalue weighted by Crippen LogP contribution is 2.44. The van der Waals surface area contributed by atoms with Crippen molar-refractivity contribution in [3.8, 4) is 0 Å². The van der Waals surface area contributed by atoms with Crippen molar-refractivity contribution in [2.75, 3.05) is 5.32 Å². The third-order valence-corrected chi connectivity index (χ3v) is 4.38. The molecule has 2 aromatic rings. The van der Waals surface area contributed by atoms with Gasteiger partial charge in [-0.2, -0.15) is 26.3 Å². The number of nitrogens with one attached hydrogen (secondary N) is 1. The molecule has 0 fully saturated rings. The molecule has 3 rings (SSSR count). The number of pyridine rings is 1. The van der Waals surface area contributed by atoms with E-state index in [1.54, 1.807) is 13.8 Å². The Hall–Kier alpha value is -2.40. The van der Waals surface area contributed by atoms with Crippen LogP contribution in [0.15, 0.2) is 29.4 Å². The Morgan fingerprint density at radius 2 is 1.75 bits per heavy atom. The van der Waals surface area contributed by atoms with Gasteiger partial charge in [0.15, 0.2) is 5.71 Å². The quantitative estimate of drug-likeness (QED) is 0.524. The first-order valence-electron chi connectivity index (χ1n) is 8.10. The first-order chi connectivity index (χ1) is 12.7. The molecule has 28 heavy (non-hydrogen) atoms. The number of benzene rings is 1. The third-order valence-electron chi connectivity index (χ3n) is 4.38. The lowest BCUT2D eigenvalue weighted by molar-refractivity contribution is -0.357. The van der Waals surface area contributed by atoms with Crippen molar-refractivity contribution in [2.24, 2.45) is 10.9 Å². The molecule has 1 aromatic heterocycles. The molecule has 152 valence electrons. The summed E-state index contributed by atoms with van der Waals surface area (Å²) in [6.07, 6.45) is -10.4. The molecule has 0 bridgehead atoms. The molecule has 0 amide bonds.